The number of fused-ring (bicyclic) bond motifs is 1. The van der Waals surface area contributed by atoms with Crippen molar-refractivity contribution in [2.75, 3.05) is 5.32 Å². The number of hydrogen-bond acceptors (Lipinski definition) is 2. The lowest BCUT2D eigenvalue weighted by atomic mass is 9.57. The summed E-state index contributed by atoms with van der Waals surface area (Å²) < 4.78 is 13.1. The van der Waals surface area contributed by atoms with Crippen LogP contribution in [0.5, 0.6) is 0 Å². The van der Waals surface area contributed by atoms with E-state index < -0.39 is 5.41 Å². The van der Waals surface area contributed by atoms with Crippen LogP contribution in [0.4, 0.5) is 10.1 Å². The zero-order chi connectivity index (χ0) is 17.8. The fourth-order valence-electron chi connectivity index (χ4n) is 4.85. The monoisotopic (exact) mass is 350 g/mol. The van der Waals surface area contributed by atoms with Gasteiger partial charge in [-0.2, -0.15) is 0 Å². The third-order valence-corrected chi connectivity index (χ3v) is 6.52. The van der Waals surface area contributed by atoms with Gasteiger partial charge in [0.25, 0.3) is 0 Å². The molecular weight excluding hydrogens is 327 g/mol. The van der Waals surface area contributed by atoms with Crippen LogP contribution in [-0.2, 0) is 23.1 Å². The van der Waals surface area contributed by atoms with Crippen molar-refractivity contribution < 1.29 is 9.18 Å². The number of carbonyl (C=O) groups is 1. The Labute approximate surface area is 153 Å². The third-order valence-electron chi connectivity index (χ3n) is 6.52. The molecule has 2 aromatic rings. The van der Waals surface area contributed by atoms with E-state index in [0.29, 0.717) is 11.1 Å². The minimum Gasteiger partial charge on any atom is -0.325 e. The molecule has 3 aliphatic rings. The summed E-state index contributed by atoms with van der Waals surface area (Å²) in [4.78, 5) is 18.2. The molecule has 2 fully saturated rings. The van der Waals surface area contributed by atoms with E-state index in [1.807, 2.05) is 0 Å². The van der Waals surface area contributed by atoms with Gasteiger partial charge < -0.3 is 5.32 Å². The summed E-state index contributed by atoms with van der Waals surface area (Å²) in [5.74, 6) is -0.292. The molecule has 3 aliphatic carbocycles. The molecular formula is C22H23FN2O. The minimum atomic E-state index is -0.530. The highest BCUT2D eigenvalue weighted by molar-refractivity contribution is 6.00. The summed E-state index contributed by atoms with van der Waals surface area (Å²) in [5, 5.41) is 3.01. The first-order chi connectivity index (χ1) is 12.6. The van der Waals surface area contributed by atoms with Crippen molar-refractivity contribution in [3.8, 4) is 0 Å². The summed E-state index contributed by atoms with van der Waals surface area (Å²) in [5.41, 5.74) is 3.93. The van der Waals surface area contributed by atoms with E-state index in [1.54, 1.807) is 12.1 Å². The Morgan fingerprint density at radius 2 is 1.73 bits per heavy atom. The largest absolute Gasteiger partial charge is 0.325 e. The zero-order valence-corrected chi connectivity index (χ0v) is 14.9. The number of nitrogens with one attached hydrogen (secondary N) is 1. The molecule has 1 amide bonds. The first-order valence-electron chi connectivity index (χ1n) is 9.65. The van der Waals surface area contributed by atoms with E-state index in [-0.39, 0.29) is 11.7 Å². The van der Waals surface area contributed by atoms with Crippen LogP contribution in [-0.4, -0.2) is 10.9 Å². The van der Waals surface area contributed by atoms with Gasteiger partial charge in [0, 0.05) is 11.4 Å². The predicted octanol–water partition coefficient (Wildman–Crippen LogP) is 4.55. The molecule has 0 unspecified atom stereocenters. The molecule has 26 heavy (non-hydrogen) atoms. The number of rotatable bonds is 3. The lowest BCUT2D eigenvalue weighted by Crippen LogP contribution is -2.52. The lowest BCUT2D eigenvalue weighted by molar-refractivity contribution is -0.127. The van der Waals surface area contributed by atoms with E-state index in [4.69, 9.17) is 4.98 Å². The highest BCUT2D eigenvalue weighted by Gasteiger charge is 2.65. The van der Waals surface area contributed by atoms with Crippen molar-refractivity contribution in [3.05, 3.63) is 59.2 Å². The predicted molar refractivity (Wildman–Crippen MR) is 98.5 cm³/mol. The van der Waals surface area contributed by atoms with Gasteiger partial charge in [0.05, 0.1) is 11.1 Å². The maximum atomic E-state index is 13.2. The van der Waals surface area contributed by atoms with Crippen LogP contribution >= 0.6 is 0 Å². The van der Waals surface area contributed by atoms with Gasteiger partial charge in [0.1, 0.15) is 5.82 Å². The Balaban J connectivity index is 1.46. The number of benzene rings is 1. The van der Waals surface area contributed by atoms with E-state index in [0.717, 1.165) is 31.4 Å². The highest BCUT2D eigenvalue weighted by Crippen LogP contribution is 2.69. The zero-order valence-electron chi connectivity index (χ0n) is 14.9. The second kappa shape index (κ2) is 5.63. The Morgan fingerprint density at radius 1 is 1.00 bits per heavy atom. The van der Waals surface area contributed by atoms with Gasteiger partial charge >= 0.3 is 0 Å². The Kier molecular flexibility index (Phi) is 3.46. The maximum Gasteiger partial charge on any atom is 0.236 e. The van der Waals surface area contributed by atoms with E-state index in [9.17, 15) is 9.18 Å². The van der Waals surface area contributed by atoms with Crippen LogP contribution in [0.2, 0.25) is 0 Å². The Bertz CT molecular complexity index is 862. The molecule has 1 N–H and O–H groups in total. The Hall–Kier alpha value is -2.23. The van der Waals surface area contributed by atoms with Crippen molar-refractivity contribution in [2.24, 2.45) is 5.41 Å². The van der Waals surface area contributed by atoms with Gasteiger partial charge in [0.2, 0.25) is 5.91 Å². The smallest absolute Gasteiger partial charge is 0.236 e. The summed E-state index contributed by atoms with van der Waals surface area (Å²) in [7, 11) is 0. The third kappa shape index (κ3) is 2.54. The molecule has 134 valence electrons. The fourth-order valence-corrected chi connectivity index (χ4v) is 4.85. The highest BCUT2D eigenvalue weighted by atomic mass is 19.1. The van der Waals surface area contributed by atoms with Gasteiger partial charge in [-0.15, -0.1) is 0 Å². The molecule has 0 saturated heterocycles. The molecule has 1 aromatic carbocycles. The molecule has 1 heterocycles. The summed E-state index contributed by atoms with van der Waals surface area (Å²) in [6.45, 7) is 0. The quantitative estimate of drug-likeness (QED) is 0.882. The minimum absolute atomic E-state index is 0.00453. The van der Waals surface area contributed by atoms with E-state index >= 15 is 0 Å². The van der Waals surface area contributed by atoms with Crippen LogP contribution in [0.25, 0.3) is 0 Å². The maximum absolute atomic E-state index is 13.2. The van der Waals surface area contributed by atoms with Crippen molar-refractivity contribution in [1.29, 1.82) is 0 Å². The first kappa shape index (κ1) is 16.0. The number of pyridine rings is 1. The van der Waals surface area contributed by atoms with Crippen LogP contribution in [0, 0.1) is 11.2 Å². The molecule has 2 saturated carbocycles. The van der Waals surface area contributed by atoms with Gasteiger partial charge in [0.15, 0.2) is 0 Å². The fraction of sp³-hybridized carbons (Fsp3) is 0.455. The second-order valence-corrected chi connectivity index (χ2v) is 8.41. The number of halogens is 1. The van der Waals surface area contributed by atoms with Crippen molar-refractivity contribution in [3.63, 3.8) is 0 Å². The van der Waals surface area contributed by atoms with E-state index in [1.165, 1.54) is 49.1 Å². The number of amides is 1. The van der Waals surface area contributed by atoms with E-state index in [2.05, 4.69) is 17.4 Å². The number of aromatic nitrogens is 1. The molecule has 5 rings (SSSR count). The van der Waals surface area contributed by atoms with Gasteiger partial charge in [-0.3, -0.25) is 9.78 Å². The van der Waals surface area contributed by atoms with Gasteiger partial charge in [-0.25, -0.2) is 4.39 Å². The lowest BCUT2D eigenvalue weighted by Gasteiger charge is -2.47. The molecule has 3 nitrogen and oxygen atoms in total. The second-order valence-electron chi connectivity index (χ2n) is 8.41. The molecule has 0 bridgehead atoms. The van der Waals surface area contributed by atoms with Crippen LogP contribution in [0.3, 0.4) is 0 Å². The number of aryl methyl sites for hydroxylation is 2. The Morgan fingerprint density at radius 3 is 2.46 bits per heavy atom. The first-order valence-corrected chi connectivity index (χ1v) is 9.65. The normalized spacial score (nSPS) is 21.6. The molecule has 1 aromatic heterocycles. The molecule has 4 heteroatoms. The summed E-state index contributed by atoms with van der Waals surface area (Å²) in [6, 6.07) is 10.2. The van der Waals surface area contributed by atoms with Crippen LogP contribution in [0.15, 0.2) is 36.4 Å². The summed E-state index contributed by atoms with van der Waals surface area (Å²) >= 11 is 0. The number of anilines is 1. The standard InChI is InChI=1S/C22H23FN2O/c23-16-6-8-17(9-7-16)24-20(26)22(13-21(14-22)11-12-21)19-10-5-15-3-1-2-4-18(15)25-19/h5-10H,1-4,11-14H2,(H,24,26). The van der Waals surface area contributed by atoms with Crippen molar-refractivity contribution >= 4 is 11.6 Å². The molecule has 0 atom stereocenters. The van der Waals surface area contributed by atoms with Crippen LogP contribution < -0.4 is 5.32 Å². The number of nitrogens with zero attached hydrogens (tertiary/aromatic N) is 1. The number of hydrogen-bond donors (Lipinski definition) is 1. The molecule has 0 aliphatic heterocycles. The van der Waals surface area contributed by atoms with Gasteiger partial charge in [-0.05, 0) is 92.7 Å². The van der Waals surface area contributed by atoms with Crippen molar-refractivity contribution in [2.45, 2.75) is 56.8 Å². The average molecular weight is 350 g/mol. The number of carbonyl (C=O) groups excluding carboxylic acids is 1. The van der Waals surface area contributed by atoms with Gasteiger partial charge in [-0.1, -0.05) is 6.07 Å². The molecule has 1 spiro atoms. The topological polar surface area (TPSA) is 42.0 Å². The van der Waals surface area contributed by atoms with Crippen molar-refractivity contribution in [1.82, 2.24) is 4.98 Å². The summed E-state index contributed by atoms with van der Waals surface area (Å²) in [6.07, 6.45) is 8.76. The van der Waals surface area contributed by atoms with Crippen LogP contribution in [0.1, 0.15) is 55.5 Å². The average Bonchev–Trinajstić information content (AvgIpc) is 3.42. The SMILES string of the molecule is O=C(Nc1ccc(F)cc1)C1(c2ccc3c(n2)CCCC3)CC2(CC2)C1. The molecule has 0 radical (unpaired) electrons.